The number of hydrogen-bond acceptors (Lipinski definition) is 10. The molecular formula is C42H70N2O9S. The van der Waals surface area contributed by atoms with E-state index in [0.29, 0.717) is 24.3 Å². The molecule has 0 saturated carbocycles. The lowest BCUT2D eigenvalue weighted by molar-refractivity contribution is -0.117. The van der Waals surface area contributed by atoms with Gasteiger partial charge in [-0.3, -0.25) is 13.9 Å². The van der Waals surface area contributed by atoms with Gasteiger partial charge < -0.3 is 29.7 Å². The van der Waals surface area contributed by atoms with E-state index in [-0.39, 0.29) is 24.7 Å². The molecule has 308 valence electrons. The molecule has 2 aromatic carbocycles. The molecule has 3 N–H and O–H groups in total. The molecule has 0 spiro atoms. The van der Waals surface area contributed by atoms with E-state index in [1.165, 1.54) is 24.7 Å². The van der Waals surface area contributed by atoms with Crippen molar-refractivity contribution in [3.05, 3.63) is 77.9 Å². The van der Waals surface area contributed by atoms with E-state index < -0.39 is 27.9 Å². The third kappa shape index (κ3) is 25.7. The molecule has 0 bridgehead atoms. The van der Waals surface area contributed by atoms with Gasteiger partial charge in [-0.2, -0.15) is 8.42 Å². The molecule has 1 fully saturated rings. The molecule has 1 heterocycles. The first-order valence-corrected chi connectivity index (χ1v) is 20.1. The third-order valence-electron chi connectivity index (χ3n) is 6.98. The van der Waals surface area contributed by atoms with Gasteiger partial charge >= 0.3 is 0 Å². The summed E-state index contributed by atoms with van der Waals surface area (Å²) in [5.74, 6) is 1.32. The lowest BCUT2D eigenvalue weighted by atomic mass is 9.94. The molecule has 2 aromatic rings. The smallest absolute Gasteiger partial charge is 0.264 e. The first-order chi connectivity index (χ1) is 24.7. The van der Waals surface area contributed by atoms with Crippen molar-refractivity contribution in [2.75, 3.05) is 46.3 Å². The number of rotatable bonds is 13. The van der Waals surface area contributed by atoms with Crippen molar-refractivity contribution in [2.45, 2.75) is 118 Å². The number of benzene rings is 2. The maximum atomic E-state index is 10.6. The van der Waals surface area contributed by atoms with Gasteiger partial charge in [0.2, 0.25) is 5.91 Å². The fraction of sp³-hybridized carbons (Fsp3) is 0.595. The highest BCUT2D eigenvalue weighted by molar-refractivity contribution is 7.86. The highest BCUT2D eigenvalue weighted by atomic mass is 32.2. The summed E-state index contributed by atoms with van der Waals surface area (Å²) >= 11 is 0. The Kier molecular flexibility index (Phi) is 22.2. The Bertz CT molecular complexity index is 1510. The average molecular weight is 779 g/mol. The topological polar surface area (TPSA) is 144 Å². The fourth-order valence-corrected chi connectivity index (χ4v) is 5.43. The predicted octanol–water partition coefficient (Wildman–Crippen LogP) is 7.01. The summed E-state index contributed by atoms with van der Waals surface area (Å²) in [6.07, 6.45) is 1.89. The van der Waals surface area contributed by atoms with Gasteiger partial charge in [-0.15, -0.1) is 0 Å². The zero-order valence-electron chi connectivity index (χ0n) is 35.4. The summed E-state index contributed by atoms with van der Waals surface area (Å²) in [6, 6.07) is 15.8. The summed E-state index contributed by atoms with van der Waals surface area (Å²) in [5.41, 5.74) is 4.22. The van der Waals surface area contributed by atoms with Crippen molar-refractivity contribution in [3.63, 3.8) is 0 Å². The van der Waals surface area contributed by atoms with Crippen molar-refractivity contribution in [1.82, 2.24) is 10.2 Å². The van der Waals surface area contributed by atoms with Crippen LogP contribution < -0.4 is 14.8 Å². The van der Waals surface area contributed by atoms with E-state index in [0.717, 1.165) is 28.7 Å². The number of carbonyl (C=O) groups is 1. The summed E-state index contributed by atoms with van der Waals surface area (Å²) < 4.78 is 41.6. The first-order valence-electron chi connectivity index (χ1n) is 18.3. The molecular weight excluding hydrogens is 709 g/mol. The average Bonchev–Trinajstić information content (AvgIpc) is 3.89. The van der Waals surface area contributed by atoms with Crippen molar-refractivity contribution >= 4 is 21.6 Å². The standard InChI is InChI=1S/C24H32O5.C7H13NO.C6H13N.C5H12O3S/c1-5-20(25)15-28-22-10-6-18(7-11-22)24(17(2)3)19-8-12-23(13-9-19)29-16-21(26)14-27-4;1-5-6(9)8-7(2,3)4;1-6(2,3)7-4-5-7;1-5(2,3)8-9(4,6)7/h6-13,20-21,25-26H,5,14-16H2,1-4H3;5H,1H2,2-4H3,(H,8,9);4-5H2,1-3H3;1-4H3. The van der Waals surface area contributed by atoms with Crippen molar-refractivity contribution in [2.24, 2.45) is 0 Å². The van der Waals surface area contributed by atoms with Gasteiger partial charge in [0.1, 0.15) is 30.8 Å². The Hall–Kier alpha value is -3.26. The molecule has 1 aliphatic heterocycles. The number of hydrogen-bond donors (Lipinski definition) is 3. The summed E-state index contributed by atoms with van der Waals surface area (Å²) in [5, 5.41) is 22.0. The Morgan fingerprint density at radius 3 is 1.48 bits per heavy atom. The normalized spacial score (nSPS) is 13.9. The molecule has 0 radical (unpaired) electrons. The molecule has 2 unspecified atom stereocenters. The quantitative estimate of drug-likeness (QED) is 0.110. The Morgan fingerprint density at radius 1 is 0.833 bits per heavy atom. The zero-order valence-corrected chi connectivity index (χ0v) is 36.2. The van der Waals surface area contributed by atoms with Gasteiger partial charge in [-0.25, -0.2) is 0 Å². The van der Waals surface area contributed by atoms with Crippen LogP contribution in [0.4, 0.5) is 0 Å². The number of amides is 1. The molecule has 0 aromatic heterocycles. The molecule has 11 nitrogen and oxygen atoms in total. The van der Waals surface area contributed by atoms with E-state index in [2.05, 4.69) is 55.6 Å². The highest BCUT2D eigenvalue weighted by Crippen LogP contribution is 2.30. The second kappa shape index (κ2) is 23.6. The van der Waals surface area contributed by atoms with Crippen LogP contribution in [0.2, 0.25) is 0 Å². The van der Waals surface area contributed by atoms with Crippen LogP contribution in [0.5, 0.6) is 11.5 Å². The van der Waals surface area contributed by atoms with Crippen LogP contribution in [0, 0.1) is 0 Å². The monoisotopic (exact) mass is 778 g/mol. The summed E-state index contributed by atoms with van der Waals surface area (Å²) in [6.45, 7) is 30.4. The van der Waals surface area contributed by atoms with Crippen LogP contribution in [0.15, 0.2) is 66.8 Å². The highest BCUT2D eigenvalue weighted by Gasteiger charge is 2.29. The van der Waals surface area contributed by atoms with Gasteiger partial charge in [-0.1, -0.05) is 43.3 Å². The van der Waals surface area contributed by atoms with E-state index >= 15 is 0 Å². The predicted molar refractivity (Wildman–Crippen MR) is 221 cm³/mol. The number of aliphatic hydroxyl groups excluding tert-OH is 2. The number of methoxy groups -OCH3 is 1. The largest absolute Gasteiger partial charge is 0.491 e. The summed E-state index contributed by atoms with van der Waals surface area (Å²) in [4.78, 5) is 13.0. The van der Waals surface area contributed by atoms with Crippen molar-refractivity contribution < 1.29 is 41.8 Å². The third-order valence-corrected chi connectivity index (χ3v) is 7.78. The van der Waals surface area contributed by atoms with Crippen molar-refractivity contribution in [1.29, 1.82) is 0 Å². The number of nitrogens with one attached hydrogen (secondary N) is 1. The van der Waals surface area contributed by atoms with Gasteiger partial charge in [0, 0.05) is 31.3 Å². The number of carbonyl (C=O) groups excluding carboxylic acids is 1. The molecule has 0 aliphatic carbocycles. The van der Waals surface area contributed by atoms with Gasteiger partial charge in [0.25, 0.3) is 10.1 Å². The molecule has 1 saturated heterocycles. The minimum absolute atomic E-state index is 0.123. The lowest BCUT2D eigenvalue weighted by Crippen LogP contribution is -2.39. The van der Waals surface area contributed by atoms with Gasteiger partial charge in [0.15, 0.2) is 0 Å². The van der Waals surface area contributed by atoms with Crippen LogP contribution in [0.25, 0.3) is 5.57 Å². The maximum absolute atomic E-state index is 10.6. The van der Waals surface area contributed by atoms with Gasteiger partial charge in [-0.05, 0) is 130 Å². The molecule has 1 amide bonds. The number of nitrogens with zero attached hydrogens (tertiary/aromatic N) is 1. The van der Waals surface area contributed by atoms with Gasteiger partial charge in [0.05, 0.1) is 24.6 Å². The van der Waals surface area contributed by atoms with E-state index in [9.17, 15) is 23.4 Å². The minimum Gasteiger partial charge on any atom is -0.491 e. The molecule has 1 aliphatic rings. The van der Waals surface area contributed by atoms with Crippen LogP contribution in [0.1, 0.15) is 101 Å². The minimum atomic E-state index is -3.28. The molecule has 2 atom stereocenters. The second-order valence-corrected chi connectivity index (χ2v) is 17.8. The number of aliphatic hydroxyl groups is 2. The Balaban J connectivity index is 0.000000903. The Morgan fingerprint density at radius 2 is 1.26 bits per heavy atom. The summed E-state index contributed by atoms with van der Waals surface area (Å²) in [7, 11) is -1.73. The second-order valence-electron chi connectivity index (χ2n) is 16.2. The fourth-order valence-electron chi connectivity index (χ4n) is 4.52. The van der Waals surface area contributed by atoms with Crippen LogP contribution in [-0.4, -0.2) is 105 Å². The van der Waals surface area contributed by atoms with Crippen molar-refractivity contribution in [3.8, 4) is 11.5 Å². The van der Waals surface area contributed by atoms with Crippen LogP contribution in [0.3, 0.4) is 0 Å². The van der Waals surface area contributed by atoms with E-state index in [1.54, 1.807) is 27.9 Å². The van der Waals surface area contributed by atoms with E-state index in [1.807, 2.05) is 76.2 Å². The lowest BCUT2D eigenvalue weighted by Gasteiger charge is -2.18. The molecule has 3 rings (SSSR count). The first kappa shape index (κ1) is 50.7. The molecule has 12 heteroatoms. The molecule has 54 heavy (non-hydrogen) atoms. The Labute approximate surface area is 326 Å². The van der Waals surface area contributed by atoms with Crippen LogP contribution >= 0.6 is 0 Å². The zero-order chi connectivity index (χ0) is 41.9. The van der Waals surface area contributed by atoms with E-state index in [4.69, 9.17) is 14.2 Å². The van der Waals surface area contributed by atoms with Crippen LogP contribution in [-0.2, 0) is 23.8 Å². The number of ether oxygens (including phenoxy) is 3. The maximum Gasteiger partial charge on any atom is 0.264 e. The number of allylic oxidation sites excluding steroid dienone is 1. The SMILES string of the molecule is C=CC(=O)NC(C)(C)C.CC(C)(C)N1CC1.CC(C)(C)OS(C)(=O)=O.CCC(O)COc1ccc(C(=C(C)C)c2ccc(OCC(O)COC)cc2)cc1.